The van der Waals surface area contributed by atoms with Gasteiger partial charge in [0.15, 0.2) is 11.5 Å². The Labute approximate surface area is 115 Å². The molecule has 0 spiro atoms. The summed E-state index contributed by atoms with van der Waals surface area (Å²) in [6, 6.07) is 5.58. The number of benzene rings is 1. The van der Waals surface area contributed by atoms with Gasteiger partial charge in [0.05, 0.1) is 26.9 Å². The molecule has 1 rings (SSSR count). The molecule has 0 saturated heterocycles. The van der Waals surface area contributed by atoms with Crippen LogP contribution in [-0.4, -0.2) is 27.4 Å². The molecule has 0 radical (unpaired) electrons. The van der Waals surface area contributed by atoms with Gasteiger partial charge in [-0.15, -0.1) is 0 Å². The van der Waals surface area contributed by atoms with Crippen LogP contribution in [0.1, 0.15) is 37.8 Å². The van der Waals surface area contributed by atoms with Gasteiger partial charge in [-0.2, -0.15) is 0 Å². The molecule has 0 bridgehead atoms. The maximum atomic E-state index is 6.10. The molecule has 1 aromatic carbocycles. The fourth-order valence-corrected chi connectivity index (χ4v) is 1.84. The smallest absolute Gasteiger partial charge is 0.161 e. The molecular weight excluding hydrogens is 242 g/mol. The first-order valence-corrected chi connectivity index (χ1v) is 6.78. The number of hydrogen-bond acceptors (Lipinski definition) is 4. The molecule has 0 saturated carbocycles. The zero-order valence-electron chi connectivity index (χ0n) is 12.1. The number of ether oxygens (including phenoxy) is 3. The number of rotatable bonds is 9. The van der Waals surface area contributed by atoms with E-state index in [0.717, 1.165) is 18.6 Å². The molecule has 108 valence electrons. The highest BCUT2D eigenvalue weighted by molar-refractivity contribution is 5.43. The molecule has 1 atom stereocenters. The lowest BCUT2D eigenvalue weighted by Gasteiger charge is -2.15. The van der Waals surface area contributed by atoms with E-state index in [1.54, 1.807) is 14.2 Å². The minimum absolute atomic E-state index is 0.138. The predicted octanol–water partition coefficient (Wildman–Crippen LogP) is 2.91. The molecule has 0 aliphatic heterocycles. The summed E-state index contributed by atoms with van der Waals surface area (Å²) in [5.74, 6) is 1.41. The summed E-state index contributed by atoms with van der Waals surface area (Å²) in [4.78, 5) is 0. The lowest BCUT2D eigenvalue weighted by molar-refractivity contribution is 0.117. The Balaban J connectivity index is 2.49. The van der Waals surface area contributed by atoms with E-state index in [0.29, 0.717) is 18.1 Å². The highest BCUT2D eigenvalue weighted by atomic mass is 16.5. The zero-order chi connectivity index (χ0) is 14.1. The molecule has 0 aromatic heterocycles. The van der Waals surface area contributed by atoms with Crippen molar-refractivity contribution in [2.75, 3.05) is 27.4 Å². The van der Waals surface area contributed by atoms with Crippen molar-refractivity contribution in [1.82, 2.24) is 0 Å². The third-order valence-corrected chi connectivity index (χ3v) is 3.03. The molecule has 4 nitrogen and oxygen atoms in total. The summed E-state index contributed by atoms with van der Waals surface area (Å²) in [7, 11) is 3.24. The Hall–Kier alpha value is -1.26. The normalized spacial score (nSPS) is 12.2. The lowest BCUT2D eigenvalue weighted by atomic mass is 10.1. The van der Waals surface area contributed by atoms with E-state index in [1.165, 1.54) is 12.8 Å². The van der Waals surface area contributed by atoms with Gasteiger partial charge in [0.25, 0.3) is 0 Å². The van der Waals surface area contributed by atoms with Crippen LogP contribution >= 0.6 is 0 Å². The summed E-state index contributed by atoms with van der Waals surface area (Å²) in [5.41, 5.74) is 7.10. The maximum absolute atomic E-state index is 6.10. The SMILES string of the molecule is CCCCCOCC(N)c1ccc(OC)c(OC)c1. The second-order valence-electron chi connectivity index (χ2n) is 4.50. The van der Waals surface area contributed by atoms with Crippen molar-refractivity contribution < 1.29 is 14.2 Å². The third kappa shape index (κ3) is 5.09. The Bertz CT molecular complexity index is 368. The largest absolute Gasteiger partial charge is 0.493 e. The second kappa shape index (κ2) is 8.77. The van der Waals surface area contributed by atoms with E-state index >= 15 is 0 Å². The van der Waals surface area contributed by atoms with Crippen LogP contribution in [-0.2, 0) is 4.74 Å². The minimum Gasteiger partial charge on any atom is -0.493 e. The minimum atomic E-state index is -0.138. The molecule has 0 fully saturated rings. The number of unbranched alkanes of at least 4 members (excludes halogenated alkanes) is 2. The molecular formula is C15H25NO3. The van der Waals surface area contributed by atoms with Crippen LogP contribution in [0.2, 0.25) is 0 Å². The van der Waals surface area contributed by atoms with E-state index in [1.807, 2.05) is 18.2 Å². The topological polar surface area (TPSA) is 53.7 Å². The Kier molecular flexibility index (Phi) is 7.30. The highest BCUT2D eigenvalue weighted by Crippen LogP contribution is 2.29. The zero-order valence-corrected chi connectivity index (χ0v) is 12.1. The first kappa shape index (κ1) is 15.8. The van der Waals surface area contributed by atoms with Gasteiger partial charge in [-0.3, -0.25) is 0 Å². The van der Waals surface area contributed by atoms with Gasteiger partial charge in [-0.1, -0.05) is 25.8 Å². The van der Waals surface area contributed by atoms with Crippen molar-refractivity contribution in [3.05, 3.63) is 23.8 Å². The van der Waals surface area contributed by atoms with Crippen LogP contribution in [0.25, 0.3) is 0 Å². The summed E-state index contributed by atoms with van der Waals surface area (Å²) < 4.78 is 16.0. The lowest BCUT2D eigenvalue weighted by Crippen LogP contribution is -2.17. The van der Waals surface area contributed by atoms with E-state index in [4.69, 9.17) is 19.9 Å². The monoisotopic (exact) mass is 267 g/mol. The van der Waals surface area contributed by atoms with Crippen LogP contribution in [0.3, 0.4) is 0 Å². The molecule has 0 amide bonds. The van der Waals surface area contributed by atoms with Crippen molar-refractivity contribution >= 4 is 0 Å². The van der Waals surface area contributed by atoms with Crippen LogP contribution in [0, 0.1) is 0 Å². The van der Waals surface area contributed by atoms with Crippen LogP contribution in [0.15, 0.2) is 18.2 Å². The molecule has 2 N–H and O–H groups in total. The second-order valence-corrected chi connectivity index (χ2v) is 4.50. The van der Waals surface area contributed by atoms with Gasteiger partial charge >= 0.3 is 0 Å². The van der Waals surface area contributed by atoms with E-state index in [-0.39, 0.29) is 6.04 Å². The Morgan fingerprint density at radius 1 is 1.11 bits per heavy atom. The van der Waals surface area contributed by atoms with E-state index in [9.17, 15) is 0 Å². The van der Waals surface area contributed by atoms with Crippen molar-refractivity contribution in [2.24, 2.45) is 5.73 Å². The molecule has 1 unspecified atom stereocenters. The average Bonchev–Trinajstić information content (AvgIpc) is 2.46. The van der Waals surface area contributed by atoms with Gasteiger partial charge in [0.2, 0.25) is 0 Å². The van der Waals surface area contributed by atoms with Crippen molar-refractivity contribution in [3.8, 4) is 11.5 Å². The Morgan fingerprint density at radius 2 is 1.84 bits per heavy atom. The molecule has 0 aliphatic rings. The number of hydrogen-bond donors (Lipinski definition) is 1. The van der Waals surface area contributed by atoms with Crippen molar-refractivity contribution in [2.45, 2.75) is 32.2 Å². The first-order valence-electron chi connectivity index (χ1n) is 6.78. The predicted molar refractivity (Wildman–Crippen MR) is 76.8 cm³/mol. The molecule has 0 heterocycles. The number of methoxy groups -OCH3 is 2. The van der Waals surface area contributed by atoms with Crippen molar-refractivity contribution in [3.63, 3.8) is 0 Å². The summed E-state index contributed by atoms with van der Waals surface area (Å²) >= 11 is 0. The quantitative estimate of drug-likeness (QED) is 0.699. The van der Waals surface area contributed by atoms with E-state index < -0.39 is 0 Å². The summed E-state index contributed by atoms with van der Waals surface area (Å²) in [6.07, 6.45) is 3.49. The van der Waals surface area contributed by atoms with E-state index in [2.05, 4.69) is 6.92 Å². The van der Waals surface area contributed by atoms with Gasteiger partial charge in [-0.25, -0.2) is 0 Å². The standard InChI is InChI=1S/C15H25NO3/c1-4-5-6-9-19-11-13(16)12-7-8-14(17-2)15(10-12)18-3/h7-8,10,13H,4-6,9,11,16H2,1-3H3. The molecule has 4 heteroatoms. The summed E-state index contributed by atoms with van der Waals surface area (Å²) in [5, 5.41) is 0. The fourth-order valence-electron chi connectivity index (χ4n) is 1.84. The van der Waals surface area contributed by atoms with Crippen LogP contribution < -0.4 is 15.2 Å². The number of nitrogens with two attached hydrogens (primary N) is 1. The molecule has 1 aromatic rings. The van der Waals surface area contributed by atoms with Gasteiger partial charge in [0.1, 0.15) is 0 Å². The third-order valence-electron chi connectivity index (χ3n) is 3.03. The van der Waals surface area contributed by atoms with Gasteiger partial charge in [0, 0.05) is 6.61 Å². The Morgan fingerprint density at radius 3 is 2.47 bits per heavy atom. The van der Waals surface area contributed by atoms with Crippen LogP contribution in [0.5, 0.6) is 11.5 Å². The van der Waals surface area contributed by atoms with Gasteiger partial charge in [-0.05, 0) is 24.1 Å². The highest BCUT2D eigenvalue weighted by Gasteiger charge is 2.10. The molecule has 19 heavy (non-hydrogen) atoms. The van der Waals surface area contributed by atoms with Gasteiger partial charge < -0.3 is 19.9 Å². The molecule has 0 aliphatic carbocycles. The maximum Gasteiger partial charge on any atom is 0.161 e. The summed E-state index contributed by atoms with van der Waals surface area (Å²) in [6.45, 7) is 3.48. The first-order chi connectivity index (χ1) is 9.22. The van der Waals surface area contributed by atoms with Crippen molar-refractivity contribution in [1.29, 1.82) is 0 Å². The average molecular weight is 267 g/mol. The van der Waals surface area contributed by atoms with Crippen LogP contribution in [0.4, 0.5) is 0 Å². The fraction of sp³-hybridized carbons (Fsp3) is 0.600.